The second kappa shape index (κ2) is 15.7. The van der Waals surface area contributed by atoms with Gasteiger partial charge < -0.3 is 24.9 Å². The van der Waals surface area contributed by atoms with Gasteiger partial charge in [0.05, 0.1) is 13.8 Å². The average Bonchev–Trinajstić information content (AvgIpc) is 3.48. The molecule has 0 aliphatic carbocycles. The van der Waals surface area contributed by atoms with Crippen molar-refractivity contribution in [2.24, 2.45) is 5.16 Å². The summed E-state index contributed by atoms with van der Waals surface area (Å²) in [6, 6.07) is 6.01. The molecule has 1 fully saturated rings. The number of halogens is 2. The van der Waals surface area contributed by atoms with E-state index in [9.17, 15) is 23.6 Å². The van der Waals surface area contributed by atoms with Crippen LogP contribution in [0.1, 0.15) is 24.6 Å². The third-order valence-corrected chi connectivity index (χ3v) is 8.42. The van der Waals surface area contributed by atoms with Crippen LogP contribution in [-0.4, -0.2) is 82.7 Å². The molecule has 3 heterocycles. The van der Waals surface area contributed by atoms with Crippen molar-refractivity contribution in [2.45, 2.75) is 31.4 Å². The monoisotopic (exact) mass is 665 g/mol. The lowest BCUT2D eigenvalue weighted by molar-refractivity contribution is -0.153. The fourth-order valence-corrected chi connectivity index (χ4v) is 6.27. The molecule has 2 aliphatic heterocycles. The molecule has 2 atom stereocenters. The summed E-state index contributed by atoms with van der Waals surface area (Å²) < 4.78 is 23.3. The number of nitrogens with one attached hydrogen (secondary N) is 2. The van der Waals surface area contributed by atoms with Crippen molar-refractivity contribution in [3.8, 4) is 5.75 Å². The molecule has 0 unspecified atom stereocenters. The van der Waals surface area contributed by atoms with Crippen molar-refractivity contribution >= 4 is 69.2 Å². The van der Waals surface area contributed by atoms with E-state index in [1.54, 1.807) is 43.5 Å². The zero-order chi connectivity index (χ0) is 31.6. The highest BCUT2D eigenvalue weighted by atomic mass is 35.5. The highest BCUT2D eigenvalue weighted by Crippen LogP contribution is 2.41. The van der Waals surface area contributed by atoms with E-state index in [-0.39, 0.29) is 53.7 Å². The molecular formula is C28H29ClFN5O7S2. The Balaban J connectivity index is 1.51. The lowest BCUT2D eigenvalue weighted by atomic mass is 10.0. The van der Waals surface area contributed by atoms with Gasteiger partial charge in [-0.2, -0.15) is 0 Å². The molecule has 2 aromatic rings. The summed E-state index contributed by atoms with van der Waals surface area (Å²) in [5.41, 5.74) is 1.18. The van der Waals surface area contributed by atoms with Crippen molar-refractivity contribution in [1.82, 2.24) is 15.2 Å². The first kappa shape index (κ1) is 33.0. The van der Waals surface area contributed by atoms with E-state index in [0.717, 1.165) is 16.9 Å². The summed E-state index contributed by atoms with van der Waals surface area (Å²) in [7, 11) is 1.55. The van der Waals surface area contributed by atoms with Crippen LogP contribution >= 0.6 is 34.7 Å². The standard InChI is InChI=1S/C28H29ClFN5O7S2/c1-16(36)31-28-32-20(15-44-28)21(34-42-12-4-11-30)24(37)33-22-25(38)35-23(18(5-3-10-29)14-43-26(22)35)27(39)41-13-17-6-8-19(40-2)9-7-17/h3,5-9,15,22,26H,4,10-14H2,1-2H3,(H,33,37)(H,31,32,36)/b5-3-,34-21?/t22-,26+/m1/s1. The van der Waals surface area contributed by atoms with Crippen molar-refractivity contribution in [1.29, 1.82) is 0 Å². The van der Waals surface area contributed by atoms with Crippen molar-refractivity contribution in [3.05, 3.63) is 64.3 Å². The van der Waals surface area contributed by atoms with Gasteiger partial charge in [0.1, 0.15) is 41.8 Å². The molecule has 0 spiro atoms. The van der Waals surface area contributed by atoms with E-state index in [4.69, 9.17) is 25.9 Å². The SMILES string of the molecule is COc1ccc(COC(=O)C2=C(/C=C\CCl)CS[C@H]3[C@H](NC(=O)C(=NOCCCF)c4csc(NC(C)=O)n4)C(=O)N23)cc1. The number of esters is 1. The number of carbonyl (C=O) groups excluding carboxylic acids is 4. The molecule has 3 amide bonds. The average molecular weight is 666 g/mol. The zero-order valence-electron chi connectivity index (χ0n) is 23.7. The molecule has 2 N–H and O–H groups in total. The number of allylic oxidation sites excluding steroid dienone is 2. The number of thiazole rings is 1. The molecule has 4 rings (SSSR count). The molecule has 1 saturated heterocycles. The van der Waals surface area contributed by atoms with E-state index in [2.05, 4.69) is 20.8 Å². The first-order chi connectivity index (χ1) is 21.3. The molecule has 234 valence electrons. The second-order valence-electron chi connectivity index (χ2n) is 9.25. The first-order valence-corrected chi connectivity index (χ1v) is 15.7. The van der Waals surface area contributed by atoms with Crippen LogP contribution in [0.5, 0.6) is 5.75 Å². The van der Waals surface area contributed by atoms with Crippen LogP contribution in [-0.2, 0) is 35.4 Å². The number of rotatable bonds is 14. The number of ether oxygens (including phenoxy) is 2. The number of methoxy groups -OCH3 is 1. The van der Waals surface area contributed by atoms with Gasteiger partial charge in [-0.15, -0.1) is 34.7 Å². The molecular weight excluding hydrogens is 637 g/mol. The molecule has 0 radical (unpaired) electrons. The van der Waals surface area contributed by atoms with Gasteiger partial charge in [-0.25, -0.2) is 9.78 Å². The third kappa shape index (κ3) is 7.95. The maximum atomic E-state index is 13.4. The van der Waals surface area contributed by atoms with Gasteiger partial charge in [0.2, 0.25) is 5.91 Å². The number of carbonyl (C=O) groups is 4. The van der Waals surface area contributed by atoms with Crippen molar-refractivity contribution < 1.29 is 37.9 Å². The van der Waals surface area contributed by atoms with Gasteiger partial charge in [0.25, 0.3) is 11.8 Å². The number of benzene rings is 1. The molecule has 16 heteroatoms. The number of aromatic nitrogens is 1. The summed E-state index contributed by atoms with van der Waals surface area (Å²) in [5.74, 6) is -1.15. The number of nitrogens with zero attached hydrogens (tertiary/aromatic N) is 3. The van der Waals surface area contributed by atoms with E-state index < -0.39 is 35.9 Å². The number of hydrogen-bond acceptors (Lipinski definition) is 11. The van der Waals surface area contributed by atoms with Crippen LogP contribution in [0, 0.1) is 0 Å². The van der Waals surface area contributed by atoms with Crippen LogP contribution in [0.25, 0.3) is 0 Å². The minimum Gasteiger partial charge on any atom is -0.497 e. The Kier molecular flexibility index (Phi) is 11.7. The fourth-order valence-electron chi connectivity index (χ4n) is 4.12. The summed E-state index contributed by atoms with van der Waals surface area (Å²) in [5, 5.41) is 10.1. The molecule has 44 heavy (non-hydrogen) atoms. The highest BCUT2D eigenvalue weighted by Gasteiger charge is 2.54. The molecule has 0 saturated carbocycles. The Morgan fingerprint density at radius 3 is 2.73 bits per heavy atom. The number of hydrogen-bond donors (Lipinski definition) is 2. The molecule has 2 aliphatic rings. The van der Waals surface area contributed by atoms with Gasteiger partial charge in [0, 0.05) is 30.4 Å². The lowest BCUT2D eigenvalue weighted by Crippen LogP contribution is -2.71. The predicted molar refractivity (Wildman–Crippen MR) is 164 cm³/mol. The number of alkyl halides is 2. The van der Waals surface area contributed by atoms with E-state index in [0.29, 0.717) is 17.1 Å². The van der Waals surface area contributed by atoms with Crippen LogP contribution in [0.3, 0.4) is 0 Å². The van der Waals surface area contributed by atoms with Gasteiger partial charge in [-0.05, 0) is 23.3 Å². The predicted octanol–water partition coefficient (Wildman–Crippen LogP) is 3.38. The molecule has 1 aromatic heterocycles. The summed E-state index contributed by atoms with van der Waals surface area (Å²) >= 11 is 8.24. The summed E-state index contributed by atoms with van der Waals surface area (Å²) in [6.07, 6.45) is 3.40. The zero-order valence-corrected chi connectivity index (χ0v) is 26.1. The highest BCUT2D eigenvalue weighted by molar-refractivity contribution is 8.00. The van der Waals surface area contributed by atoms with Gasteiger partial charge in [-0.3, -0.25) is 23.7 Å². The van der Waals surface area contributed by atoms with Crippen molar-refractivity contribution in [2.75, 3.05) is 37.3 Å². The minimum atomic E-state index is -1.00. The number of fused-ring (bicyclic) bond motifs is 1. The number of thioether (sulfide) groups is 1. The maximum absolute atomic E-state index is 13.4. The summed E-state index contributed by atoms with van der Waals surface area (Å²) in [4.78, 5) is 62.1. The Bertz CT molecular complexity index is 1480. The van der Waals surface area contributed by atoms with E-state index in [1.807, 2.05) is 0 Å². The topological polar surface area (TPSA) is 149 Å². The number of anilines is 1. The Morgan fingerprint density at radius 2 is 2.05 bits per heavy atom. The third-order valence-electron chi connectivity index (χ3n) is 6.18. The van der Waals surface area contributed by atoms with Crippen LogP contribution in [0.15, 0.2) is 58.2 Å². The number of amides is 3. The summed E-state index contributed by atoms with van der Waals surface area (Å²) in [6.45, 7) is 0.560. The Labute approximate surface area is 265 Å². The van der Waals surface area contributed by atoms with E-state index in [1.165, 1.54) is 29.0 Å². The van der Waals surface area contributed by atoms with Gasteiger partial charge >= 0.3 is 5.97 Å². The quantitative estimate of drug-likeness (QED) is 0.0774. The Hall–Kier alpha value is -3.95. The van der Waals surface area contributed by atoms with Gasteiger partial charge in [-0.1, -0.05) is 29.4 Å². The largest absolute Gasteiger partial charge is 0.497 e. The minimum absolute atomic E-state index is 0.0326. The molecule has 12 nitrogen and oxygen atoms in total. The Morgan fingerprint density at radius 1 is 1.27 bits per heavy atom. The van der Waals surface area contributed by atoms with Crippen LogP contribution in [0.2, 0.25) is 0 Å². The molecule has 1 aromatic carbocycles. The number of β-lactam (4-membered cyclic amide) rings is 1. The molecule has 0 bridgehead atoms. The first-order valence-electron chi connectivity index (χ1n) is 13.3. The van der Waals surface area contributed by atoms with E-state index >= 15 is 0 Å². The second-order valence-corrected chi connectivity index (χ2v) is 11.5. The van der Waals surface area contributed by atoms with Gasteiger partial charge in [0.15, 0.2) is 10.8 Å². The lowest BCUT2D eigenvalue weighted by Gasteiger charge is -2.49. The normalized spacial score (nSPS) is 18.0. The van der Waals surface area contributed by atoms with Crippen LogP contribution in [0.4, 0.5) is 9.52 Å². The van der Waals surface area contributed by atoms with Crippen LogP contribution < -0.4 is 15.4 Å². The number of oxime groups is 1. The fraction of sp³-hybridized carbons (Fsp3) is 0.357. The smallest absolute Gasteiger partial charge is 0.355 e. The maximum Gasteiger partial charge on any atom is 0.355 e. The van der Waals surface area contributed by atoms with Crippen molar-refractivity contribution in [3.63, 3.8) is 0 Å².